The van der Waals surface area contributed by atoms with Crippen molar-refractivity contribution in [2.45, 2.75) is 38.1 Å². The zero-order valence-electron chi connectivity index (χ0n) is 13.5. The number of rotatable bonds is 4. The lowest BCUT2D eigenvalue weighted by atomic mass is 10.2. The first-order valence-electron chi connectivity index (χ1n) is 8.54. The average Bonchev–Trinajstić information content (AvgIpc) is 3.21. The molecule has 3 heterocycles. The third-order valence-corrected chi connectivity index (χ3v) is 4.77. The zero-order chi connectivity index (χ0) is 16.4. The molecular formula is C15H21N7O2. The summed E-state index contributed by atoms with van der Waals surface area (Å²) in [7, 11) is 0. The Morgan fingerprint density at radius 1 is 1.00 bits per heavy atom. The van der Waals surface area contributed by atoms with E-state index in [2.05, 4.69) is 30.5 Å². The summed E-state index contributed by atoms with van der Waals surface area (Å²) in [4.78, 5) is 24.2. The molecule has 128 valence electrons. The highest BCUT2D eigenvalue weighted by atomic mass is 16.6. The molecule has 2 aliphatic rings. The molecule has 0 radical (unpaired) electrons. The molecule has 4 rings (SSSR count). The van der Waals surface area contributed by atoms with E-state index in [0.29, 0.717) is 23.9 Å². The summed E-state index contributed by atoms with van der Waals surface area (Å²) in [5, 5.41) is 11.2. The number of nitrogens with zero attached hydrogens (tertiary/aromatic N) is 6. The highest BCUT2D eigenvalue weighted by molar-refractivity contribution is 5.74. The lowest BCUT2D eigenvalue weighted by molar-refractivity contribution is -0.117. The number of fused-ring (bicyclic) bond motifs is 1. The van der Waals surface area contributed by atoms with Gasteiger partial charge in [0.15, 0.2) is 11.6 Å². The molecule has 1 saturated carbocycles. The number of anilines is 2. The molecule has 1 aliphatic carbocycles. The van der Waals surface area contributed by atoms with Crippen molar-refractivity contribution in [2.24, 2.45) is 0 Å². The van der Waals surface area contributed by atoms with Crippen molar-refractivity contribution in [3.8, 4) is 0 Å². The topological polar surface area (TPSA) is 100 Å². The molecule has 1 N–H and O–H groups in total. The van der Waals surface area contributed by atoms with Gasteiger partial charge in [-0.2, -0.15) is 0 Å². The standard InChI is InChI=1S/C15H21N7O2/c23-10-21-6-3-7-22(9-8-21)15-14(16-11-4-1-2-5-11)17-12-13(18-15)20-24-19-12/h10-11H,1-9H2,(H,16,17,19). The van der Waals surface area contributed by atoms with Gasteiger partial charge in [0, 0.05) is 32.2 Å². The van der Waals surface area contributed by atoms with E-state index in [-0.39, 0.29) is 0 Å². The molecule has 9 heteroatoms. The van der Waals surface area contributed by atoms with Gasteiger partial charge in [0.1, 0.15) is 0 Å². The average molecular weight is 331 g/mol. The van der Waals surface area contributed by atoms with E-state index >= 15 is 0 Å². The van der Waals surface area contributed by atoms with E-state index in [0.717, 1.165) is 56.9 Å². The van der Waals surface area contributed by atoms with Crippen molar-refractivity contribution < 1.29 is 9.42 Å². The van der Waals surface area contributed by atoms with E-state index in [4.69, 9.17) is 4.63 Å². The molecule has 1 aliphatic heterocycles. The fourth-order valence-electron chi connectivity index (χ4n) is 3.46. The van der Waals surface area contributed by atoms with Crippen LogP contribution in [0.3, 0.4) is 0 Å². The van der Waals surface area contributed by atoms with Crippen molar-refractivity contribution in [3.63, 3.8) is 0 Å². The van der Waals surface area contributed by atoms with Crippen LogP contribution in [0.1, 0.15) is 32.1 Å². The molecule has 0 aromatic carbocycles. The van der Waals surface area contributed by atoms with Crippen LogP contribution >= 0.6 is 0 Å². The summed E-state index contributed by atoms with van der Waals surface area (Å²) in [6.45, 7) is 3.01. The molecule has 1 saturated heterocycles. The Bertz CT molecular complexity index is 713. The van der Waals surface area contributed by atoms with Gasteiger partial charge in [0.05, 0.1) is 0 Å². The highest BCUT2D eigenvalue weighted by Crippen LogP contribution is 2.28. The van der Waals surface area contributed by atoms with Crippen LogP contribution in [-0.2, 0) is 4.79 Å². The fraction of sp³-hybridized carbons (Fsp3) is 0.667. The first-order valence-corrected chi connectivity index (χ1v) is 8.54. The van der Waals surface area contributed by atoms with Crippen molar-refractivity contribution in [3.05, 3.63) is 0 Å². The number of aromatic nitrogens is 4. The zero-order valence-corrected chi connectivity index (χ0v) is 13.5. The fourth-order valence-corrected chi connectivity index (χ4v) is 3.46. The molecule has 2 aromatic rings. The van der Waals surface area contributed by atoms with Crippen LogP contribution in [0.5, 0.6) is 0 Å². The van der Waals surface area contributed by atoms with Crippen molar-refractivity contribution in [1.82, 2.24) is 25.2 Å². The van der Waals surface area contributed by atoms with Crippen molar-refractivity contribution >= 4 is 29.3 Å². The van der Waals surface area contributed by atoms with Crippen LogP contribution in [0.25, 0.3) is 11.3 Å². The molecule has 0 unspecified atom stereocenters. The summed E-state index contributed by atoms with van der Waals surface area (Å²) in [6, 6.07) is 0.425. The Hall–Kier alpha value is -2.45. The predicted molar refractivity (Wildman–Crippen MR) is 87.7 cm³/mol. The minimum absolute atomic E-state index is 0.415. The molecule has 9 nitrogen and oxygen atoms in total. The monoisotopic (exact) mass is 331 g/mol. The van der Waals surface area contributed by atoms with Gasteiger partial charge < -0.3 is 15.1 Å². The minimum atomic E-state index is 0.415. The summed E-state index contributed by atoms with van der Waals surface area (Å²) in [5.74, 6) is 1.52. The first-order chi connectivity index (χ1) is 11.8. The summed E-state index contributed by atoms with van der Waals surface area (Å²) in [5.41, 5.74) is 0.835. The molecule has 2 fully saturated rings. The number of nitrogens with one attached hydrogen (secondary N) is 1. The smallest absolute Gasteiger partial charge is 0.245 e. The quantitative estimate of drug-likeness (QED) is 0.829. The van der Waals surface area contributed by atoms with Crippen molar-refractivity contribution in [2.75, 3.05) is 36.4 Å². The molecular weight excluding hydrogens is 310 g/mol. The third kappa shape index (κ3) is 2.98. The Balaban J connectivity index is 1.64. The molecule has 1 amide bonds. The van der Waals surface area contributed by atoms with Gasteiger partial charge in [-0.05, 0) is 29.6 Å². The second kappa shape index (κ2) is 6.58. The summed E-state index contributed by atoms with van der Waals surface area (Å²) >= 11 is 0. The predicted octanol–water partition coefficient (Wildman–Crippen LogP) is 1.04. The molecule has 0 atom stereocenters. The van der Waals surface area contributed by atoms with E-state index in [9.17, 15) is 4.79 Å². The molecule has 24 heavy (non-hydrogen) atoms. The maximum Gasteiger partial charge on any atom is 0.245 e. The maximum atomic E-state index is 11.0. The molecule has 0 bridgehead atoms. The summed E-state index contributed by atoms with van der Waals surface area (Å²) < 4.78 is 4.77. The van der Waals surface area contributed by atoms with Crippen LogP contribution in [0.2, 0.25) is 0 Å². The number of hydrogen-bond donors (Lipinski definition) is 1. The van der Waals surface area contributed by atoms with E-state index in [1.807, 2.05) is 0 Å². The second-order valence-electron chi connectivity index (χ2n) is 6.41. The van der Waals surface area contributed by atoms with Gasteiger partial charge in [-0.25, -0.2) is 14.6 Å². The maximum absolute atomic E-state index is 11.0. The lowest BCUT2D eigenvalue weighted by Crippen LogP contribution is -2.31. The van der Waals surface area contributed by atoms with Crippen molar-refractivity contribution in [1.29, 1.82) is 0 Å². The Labute approximate surface area is 139 Å². The van der Waals surface area contributed by atoms with Gasteiger partial charge >= 0.3 is 0 Å². The summed E-state index contributed by atoms with van der Waals surface area (Å²) in [6.07, 6.45) is 6.60. The number of amides is 1. The number of carbonyl (C=O) groups is 1. The lowest BCUT2D eigenvalue weighted by Gasteiger charge is -2.24. The van der Waals surface area contributed by atoms with Crippen LogP contribution in [-0.4, -0.2) is 63.8 Å². The van der Waals surface area contributed by atoms with Gasteiger partial charge in [-0.3, -0.25) is 4.79 Å². The Morgan fingerprint density at radius 3 is 2.58 bits per heavy atom. The van der Waals surface area contributed by atoms with Crippen LogP contribution < -0.4 is 10.2 Å². The second-order valence-corrected chi connectivity index (χ2v) is 6.41. The SMILES string of the molecule is O=CN1CCCN(c2nc3nonc3nc2NC2CCCC2)CC1. The van der Waals surface area contributed by atoms with Gasteiger partial charge in [0.2, 0.25) is 17.7 Å². The van der Waals surface area contributed by atoms with Gasteiger partial charge in [0.25, 0.3) is 0 Å². The highest BCUT2D eigenvalue weighted by Gasteiger charge is 2.24. The molecule has 2 aromatic heterocycles. The Kier molecular flexibility index (Phi) is 4.14. The van der Waals surface area contributed by atoms with E-state index < -0.39 is 0 Å². The largest absolute Gasteiger partial charge is 0.364 e. The van der Waals surface area contributed by atoms with E-state index in [1.165, 1.54) is 12.8 Å². The minimum Gasteiger partial charge on any atom is -0.364 e. The van der Waals surface area contributed by atoms with E-state index in [1.54, 1.807) is 4.90 Å². The Morgan fingerprint density at radius 2 is 1.79 bits per heavy atom. The van der Waals surface area contributed by atoms with Crippen LogP contribution in [0.15, 0.2) is 4.63 Å². The first kappa shape index (κ1) is 15.1. The van der Waals surface area contributed by atoms with Gasteiger partial charge in [-0.1, -0.05) is 12.8 Å². The third-order valence-electron chi connectivity index (χ3n) is 4.77. The van der Waals surface area contributed by atoms with Crippen LogP contribution in [0, 0.1) is 0 Å². The molecule has 0 spiro atoms. The van der Waals surface area contributed by atoms with Crippen LogP contribution in [0.4, 0.5) is 11.6 Å². The number of hydrogen-bond acceptors (Lipinski definition) is 8. The normalized spacial score (nSPS) is 19.7. The van der Waals surface area contributed by atoms with Gasteiger partial charge in [-0.15, -0.1) is 0 Å². The number of carbonyl (C=O) groups excluding carboxylic acids is 1.